The Morgan fingerprint density at radius 3 is 2.69 bits per heavy atom. The monoisotopic (exact) mass is 426 g/mol. The molecule has 0 bridgehead atoms. The van der Waals surface area contributed by atoms with Crippen LogP contribution in [0, 0.1) is 12.8 Å². The molecule has 4 rings (SSSR count). The minimum atomic E-state index is -4.55. The summed E-state index contributed by atoms with van der Waals surface area (Å²) in [5.41, 5.74) is -0.265. The van der Waals surface area contributed by atoms with Crippen molar-refractivity contribution in [2.75, 3.05) is 19.6 Å². The number of carbonyl (C=O) groups is 1. The summed E-state index contributed by atoms with van der Waals surface area (Å²) in [6.45, 7) is 3.78. The number of aromatic nitrogens is 2. The second-order valence-corrected chi connectivity index (χ2v) is 6.78. The zero-order chi connectivity index (χ0) is 19.9. The van der Waals surface area contributed by atoms with Crippen molar-refractivity contribution in [1.29, 1.82) is 0 Å². The van der Waals surface area contributed by atoms with Gasteiger partial charge in [0.25, 0.3) is 11.6 Å². The van der Waals surface area contributed by atoms with E-state index in [1.54, 1.807) is 6.92 Å². The SMILES string of the molecule is Cc1noc2nc(-c3ccccc3C(F)(F)F)cc(C(=O)NCC3CNC3)c12.Cl. The average Bonchev–Trinajstić information content (AvgIpc) is 3.00. The second-order valence-electron chi connectivity index (χ2n) is 6.78. The lowest BCUT2D eigenvalue weighted by Crippen LogP contribution is -2.48. The lowest BCUT2D eigenvalue weighted by atomic mass is 10.00. The van der Waals surface area contributed by atoms with Crippen LogP contribution in [-0.4, -0.2) is 35.7 Å². The van der Waals surface area contributed by atoms with Gasteiger partial charge in [-0.15, -0.1) is 12.4 Å². The molecule has 6 nitrogen and oxygen atoms in total. The predicted octanol–water partition coefficient (Wildman–Crippen LogP) is 3.59. The van der Waals surface area contributed by atoms with Crippen molar-refractivity contribution >= 4 is 29.4 Å². The Morgan fingerprint density at radius 1 is 1.31 bits per heavy atom. The summed E-state index contributed by atoms with van der Waals surface area (Å²) in [4.78, 5) is 17.0. The number of hydrogen-bond acceptors (Lipinski definition) is 5. The molecule has 0 saturated carbocycles. The Kier molecular flexibility index (Phi) is 5.81. The Balaban J connectivity index is 0.00000240. The Hall–Kier alpha value is -2.65. The average molecular weight is 427 g/mol. The molecule has 2 N–H and O–H groups in total. The molecular formula is C19H18ClF3N4O2. The summed E-state index contributed by atoms with van der Waals surface area (Å²) in [7, 11) is 0. The van der Waals surface area contributed by atoms with E-state index in [1.165, 1.54) is 24.3 Å². The first-order valence-electron chi connectivity index (χ1n) is 8.77. The van der Waals surface area contributed by atoms with Crippen LogP contribution in [0.15, 0.2) is 34.9 Å². The van der Waals surface area contributed by atoms with Gasteiger partial charge in [0.15, 0.2) is 0 Å². The number of fused-ring (bicyclic) bond motifs is 1. The van der Waals surface area contributed by atoms with Crippen molar-refractivity contribution < 1.29 is 22.5 Å². The third kappa shape index (κ3) is 4.06. The van der Waals surface area contributed by atoms with Crippen LogP contribution in [0.5, 0.6) is 0 Å². The highest BCUT2D eigenvalue weighted by Crippen LogP contribution is 2.37. The summed E-state index contributed by atoms with van der Waals surface area (Å²) in [6, 6.07) is 6.47. The number of pyridine rings is 1. The molecule has 1 aliphatic rings. The fraction of sp³-hybridized carbons (Fsp3) is 0.316. The number of carbonyl (C=O) groups excluding carboxylic acids is 1. The molecule has 1 fully saturated rings. The van der Waals surface area contributed by atoms with Gasteiger partial charge >= 0.3 is 6.18 Å². The van der Waals surface area contributed by atoms with E-state index < -0.39 is 17.6 Å². The molecule has 0 aliphatic carbocycles. The highest BCUT2D eigenvalue weighted by atomic mass is 35.5. The van der Waals surface area contributed by atoms with Crippen LogP contribution in [0.1, 0.15) is 21.6 Å². The number of amides is 1. The summed E-state index contributed by atoms with van der Waals surface area (Å²) in [5.74, 6) is -0.0494. The standard InChI is InChI=1S/C19H17F3N4O2.ClH/c1-10-16-13(17(27)24-9-11-7-23-8-11)6-15(25-18(16)28-26-10)12-4-2-3-5-14(12)19(20,21)22;/h2-6,11,23H,7-9H2,1H3,(H,24,27);1H. The molecule has 2 aromatic heterocycles. The number of rotatable bonds is 4. The number of nitrogens with one attached hydrogen (secondary N) is 2. The number of alkyl halides is 3. The van der Waals surface area contributed by atoms with Gasteiger partial charge in [-0.05, 0) is 19.1 Å². The molecule has 1 amide bonds. The molecular weight excluding hydrogens is 409 g/mol. The van der Waals surface area contributed by atoms with E-state index in [-0.39, 0.29) is 34.9 Å². The Morgan fingerprint density at radius 2 is 2.03 bits per heavy atom. The van der Waals surface area contributed by atoms with Gasteiger partial charge in [-0.3, -0.25) is 4.79 Å². The largest absolute Gasteiger partial charge is 0.417 e. The van der Waals surface area contributed by atoms with E-state index >= 15 is 0 Å². The van der Waals surface area contributed by atoms with Crippen LogP contribution >= 0.6 is 12.4 Å². The van der Waals surface area contributed by atoms with Crippen molar-refractivity contribution in [3.8, 4) is 11.3 Å². The van der Waals surface area contributed by atoms with Gasteiger partial charge in [-0.25, -0.2) is 4.98 Å². The summed E-state index contributed by atoms with van der Waals surface area (Å²) < 4.78 is 45.4. The van der Waals surface area contributed by atoms with Crippen LogP contribution in [0.3, 0.4) is 0 Å². The molecule has 0 unspecified atom stereocenters. The minimum Gasteiger partial charge on any atom is -0.352 e. The molecule has 3 heterocycles. The van der Waals surface area contributed by atoms with Gasteiger partial charge in [0, 0.05) is 31.1 Å². The maximum atomic E-state index is 13.4. The fourth-order valence-corrected chi connectivity index (χ4v) is 3.19. The van der Waals surface area contributed by atoms with Gasteiger partial charge in [0.2, 0.25) is 0 Å². The van der Waals surface area contributed by atoms with Crippen LogP contribution in [-0.2, 0) is 6.18 Å². The van der Waals surface area contributed by atoms with Crippen molar-refractivity contribution in [2.45, 2.75) is 13.1 Å². The maximum Gasteiger partial charge on any atom is 0.417 e. The van der Waals surface area contributed by atoms with Crippen LogP contribution in [0.4, 0.5) is 13.2 Å². The van der Waals surface area contributed by atoms with Crippen molar-refractivity contribution in [3.05, 3.63) is 47.2 Å². The van der Waals surface area contributed by atoms with Gasteiger partial charge in [0.05, 0.1) is 27.9 Å². The van der Waals surface area contributed by atoms with Crippen LogP contribution in [0.25, 0.3) is 22.4 Å². The zero-order valence-electron chi connectivity index (χ0n) is 15.3. The zero-order valence-corrected chi connectivity index (χ0v) is 16.2. The maximum absolute atomic E-state index is 13.4. The minimum absolute atomic E-state index is 0. The Bertz CT molecular complexity index is 1050. The molecule has 10 heteroatoms. The normalized spacial score (nSPS) is 14.3. The van der Waals surface area contributed by atoms with E-state index in [4.69, 9.17) is 4.52 Å². The van der Waals surface area contributed by atoms with Crippen LogP contribution in [0.2, 0.25) is 0 Å². The number of aryl methyl sites for hydroxylation is 1. The van der Waals surface area contributed by atoms with Crippen molar-refractivity contribution in [2.24, 2.45) is 5.92 Å². The first-order chi connectivity index (χ1) is 13.3. The highest BCUT2D eigenvalue weighted by Gasteiger charge is 2.34. The Labute approximate surface area is 170 Å². The number of benzene rings is 1. The number of nitrogens with zero attached hydrogens (tertiary/aromatic N) is 2. The first kappa shape index (κ1) is 21.1. The molecule has 0 atom stereocenters. The fourth-order valence-electron chi connectivity index (χ4n) is 3.19. The van der Waals surface area contributed by atoms with Crippen LogP contribution < -0.4 is 10.6 Å². The lowest BCUT2D eigenvalue weighted by Gasteiger charge is -2.27. The van der Waals surface area contributed by atoms with E-state index in [0.717, 1.165) is 19.2 Å². The van der Waals surface area contributed by atoms with Crippen molar-refractivity contribution in [3.63, 3.8) is 0 Å². The quantitative estimate of drug-likeness (QED) is 0.666. The summed E-state index contributed by atoms with van der Waals surface area (Å²) in [5, 5.41) is 10.2. The first-order valence-corrected chi connectivity index (χ1v) is 8.77. The summed E-state index contributed by atoms with van der Waals surface area (Å²) >= 11 is 0. The molecule has 1 aliphatic heterocycles. The predicted molar refractivity (Wildman–Crippen MR) is 103 cm³/mol. The lowest BCUT2D eigenvalue weighted by molar-refractivity contribution is -0.137. The van der Waals surface area contributed by atoms with Gasteiger partial charge in [-0.1, -0.05) is 23.4 Å². The van der Waals surface area contributed by atoms with E-state index in [2.05, 4.69) is 20.8 Å². The topological polar surface area (TPSA) is 80.0 Å². The van der Waals surface area contributed by atoms with E-state index in [1.807, 2.05) is 0 Å². The third-order valence-corrected chi connectivity index (χ3v) is 4.79. The van der Waals surface area contributed by atoms with E-state index in [0.29, 0.717) is 23.5 Å². The van der Waals surface area contributed by atoms with Gasteiger partial charge < -0.3 is 15.2 Å². The highest BCUT2D eigenvalue weighted by molar-refractivity contribution is 6.07. The molecule has 1 aromatic carbocycles. The molecule has 0 spiro atoms. The van der Waals surface area contributed by atoms with Crippen molar-refractivity contribution in [1.82, 2.24) is 20.8 Å². The molecule has 1 saturated heterocycles. The van der Waals surface area contributed by atoms with Gasteiger partial charge in [0.1, 0.15) is 0 Å². The second kappa shape index (κ2) is 8.00. The molecule has 154 valence electrons. The molecule has 29 heavy (non-hydrogen) atoms. The molecule has 0 radical (unpaired) electrons. The number of hydrogen-bond donors (Lipinski definition) is 2. The summed E-state index contributed by atoms with van der Waals surface area (Å²) in [6.07, 6.45) is -4.55. The molecule has 3 aromatic rings. The smallest absolute Gasteiger partial charge is 0.352 e. The van der Waals surface area contributed by atoms with E-state index in [9.17, 15) is 18.0 Å². The van der Waals surface area contributed by atoms with Gasteiger partial charge in [-0.2, -0.15) is 13.2 Å². The number of halogens is 4. The third-order valence-electron chi connectivity index (χ3n) is 4.79.